The van der Waals surface area contributed by atoms with Crippen LogP contribution in [0, 0.1) is 5.92 Å². The number of hydrogen-bond donors (Lipinski definition) is 1. The van der Waals surface area contributed by atoms with Crippen LogP contribution in [0.4, 0.5) is 0 Å². The Bertz CT molecular complexity index is 317. The van der Waals surface area contributed by atoms with Crippen molar-refractivity contribution in [2.75, 3.05) is 13.2 Å². The zero-order chi connectivity index (χ0) is 11.4. The van der Waals surface area contributed by atoms with Gasteiger partial charge in [0.15, 0.2) is 0 Å². The third kappa shape index (κ3) is 2.84. The molecule has 0 spiro atoms. The molecule has 2 heterocycles. The molecule has 0 amide bonds. The number of ether oxygens (including phenoxy) is 1. The molecular weight excluding hydrogens is 218 g/mol. The van der Waals surface area contributed by atoms with Crippen molar-refractivity contribution in [2.45, 2.75) is 38.6 Å². The fourth-order valence-corrected chi connectivity index (χ4v) is 3.43. The van der Waals surface area contributed by atoms with Gasteiger partial charge in [-0.05, 0) is 48.6 Å². The summed E-state index contributed by atoms with van der Waals surface area (Å²) in [6, 6.07) is 2.45. The number of nitrogens with two attached hydrogens (primary N) is 1. The molecule has 1 aliphatic heterocycles. The highest BCUT2D eigenvalue weighted by atomic mass is 32.1. The molecule has 2 nitrogen and oxygen atoms in total. The molecule has 1 unspecified atom stereocenters. The molecule has 0 bridgehead atoms. The highest BCUT2D eigenvalue weighted by Gasteiger charge is 2.20. The van der Waals surface area contributed by atoms with Crippen molar-refractivity contribution in [3.63, 3.8) is 0 Å². The zero-order valence-electron chi connectivity index (χ0n) is 9.95. The summed E-state index contributed by atoms with van der Waals surface area (Å²) < 4.78 is 5.38. The predicted molar refractivity (Wildman–Crippen MR) is 68.8 cm³/mol. The maximum atomic E-state index is 6.32. The van der Waals surface area contributed by atoms with E-state index in [4.69, 9.17) is 10.5 Å². The second-order valence-corrected chi connectivity index (χ2v) is 5.51. The lowest BCUT2D eigenvalue weighted by molar-refractivity contribution is 0.0619. The van der Waals surface area contributed by atoms with Gasteiger partial charge in [-0.1, -0.05) is 6.92 Å². The van der Waals surface area contributed by atoms with E-state index in [0.717, 1.165) is 32.0 Å². The van der Waals surface area contributed by atoms with Gasteiger partial charge in [-0.2, -0.15) is 0 Å². The Balaban J connectivity index is 1.93. The van der Waals surface area contributed by atoms with Crippen molar-refractivity contribution in [1.82, 2.24) is 0 Å². The largest absolute Gasteiger partial charge is 0.381 e. The van der Waals surface area contributed by atoms with E-state index in [9.17, 15) is 0 Å². The van der Waals surface area contributed by atoms with Crippen molar-refractivity contribution in [1.29, 1.82) is 0 Å². The summed E-state index contributed by atoms with van der Waals surface area (Å²) in [5.41, 5.74) is 7.75. The molecule has 3 heteroatoms. The van der Waals surface area contributed by atoms with E-state index < -0.39 is 0 Å². The van der Waals surface area contributed by atoms with Gasteiger partial charge >= 0.3 is 0 Å². The summed E-state index contributed by atoms with van der Waals surface area (Å²) in [5.74, 6) is 0.760. The standard InChI is InChI=1S/C13H21NOS/c1-2-11-5-8-16-13(11)12(14)9-10-3-6-15-7-4-10/h5,8,10,12H,2-4,6-7,9,14H2,1H3. The van der Waals surface area contributed by atoms with Gasteiger partial charge in [-0.3, -0.25) is 0 Å². The van der Waals surface area contributed by atoms with Crippen LogP contribution in [0.5, 0.6) is 0 Å². The molecule has 2 N–H and O–H groups in total. The molecule has 0 aliphatic carbocycles. The first-order valence-corrected chi connectivity index (χ1v) is 7.08. The van der Waals surface area contributed by atoms with Crippen molar-refractivity contribution in [3.8, 4) is 0 Å². The molecule has 1 saturated heterocycles. The normalized spacial score (nSPS) is 19.9. The van der Waals surface area contributed by atoms with Crippen LogP contribution in [0.25, 0.3) is 0 Å². The molecule has 1 atom stereocenters. The molecule has 0 saturated carbocycles. The van der Waals surface area contributed by atoms with Crippen molar-refractivity contribution in [2.24, 2.45) is 11.7 Å². The minimum atomic E-state index is 0.234. The van der Waals surface area contributed by atoms with Crippen LogP contribution >= 0.6 is 11.3 Å². The summed E-state index contributed by atoms with van der Waals surface area (Å²) in [5, 5.41) is 2.16. The fourth-order valence-electron chi connectivity index (χ4n) is 2.41. The fraction of sp³-hybridized carbons (Fsp3) is 0.692. The van der Waals surface area contributed by atoms with Crippen LogP contribution in [0.2, 0.25) is 0 Å². The number of aryl methyl sites for hydroxylation is 1. The van der Waals surface area contributed by atoms with E-state index in [-0.39, 0.29) is 6.04 Å². The molecule has 1 aliphatic rings. The second kappa shape index (κ2) is 5.80. The summed E-state index contributed by atoms with van der Waals surface area (Å²) in [6.07, 6.45) is 4.58. The van der Waals surface area contributed by atoms with Gasteiger partial charge in [0.25, 0.3) is 0 Å². The molecule has 0 aromatic carbocycles. The monoisotopic (exact) mass is 239 g/mol. The van der Waals surface area contributed by atoms with Crippen LogP contribution in [0.3, 0.4) is 0 Å². The first kappa shape index (κ1) is 12.1. The molecule has 0 radical (unpaired) electrons. The minimum absolute atomic E-state index is 0.234. The van der Waals surface area contributed by atoms with E-state index in [0.29, 0.717) is 0 Å². The van der Waals surface area contributed by atoms with Crippen molar-refractivity contribution < 1.29 is 4.74 Å². The average molecular weight is 239 g/mol. The van der Waals surface area contributed by atoms with Crippen LogP contribution in [0.15, 0.2) is 11.4 Å². The molecule has 1 fully saturated rings. The van der Waals surface area contributed by atoms with Crippen LogP contribution in [-0.4, -0.2) is 13.2 Å². The lowest BCUT2D eigenvalue weighted by atomic mass is 9.91. The Morgan fingerprint density at radius 1 is 1.50 bits per heavy atom. The Labute approximate surface area is 102 Å². The van der Waals surface area contributed by atoms with Crippen LogP contribution in [0.1, 0.15) is 42.7 Å². The van der Waals surface area contributed by atoms with E-state index in [1.165, 1.54) is 23.3 Å². The quantitative estimate of drug-likeness (QED) is 0.876. The highest BCUT2D eigenvalue weighted by molar-refractivity contribution is 7.10. The smallest absolute Gasteiger partial charge is 0.0468 e. The van der Waals surface area contributed by atoms with E-state index in [1.54, 1.807) is 0 Å². The van der Waals surface area contributed by atoms with Gasteiger partial charge in [0.1, 0.15) is 0 Å². The third-order valence-electron chi connectivity index (χ3n) is 3.43. The lowest BCUT2D eigenvalue weighted by Crippen LogP contribution is -2.21. The predicted octanol–water partition coefficient (Wildman–Crippen LogP) is 3.13. The number of hydrogen-bond acceptors (Lipinski definition) is 3. The topological polar surface area (TPSA) is 35.2 Å². The lowest BCUT2D eigenvalue weighted by Gasteiger charge is -2.24. The Kier molecular flexibility index (Phi) is 4.38. The number of thiophene rings is 1. The SMILES string of the molecule is CCc1ccsc1C(N)CC1CCOCC1. The van der Waals surface area contributed by atoms with Gasteiger partial charge in [0.05, 0.1) is 0 Å². The molecule has 1 aromatic rings. The maximum absolute atomic E-state index is 6.32. The van der Waals surface area contributed by atoms with Crippen molar-refractivity contribution >= 4 is 11.3 Å². The minimum Gasteiger partial charge on any atom is -0.381 e. The number of rotatable bonds is 4. The van der Waals surface area contributed by atoms with Crippen molar-refractivity contribution in [3.05, 3.63) is 21.9 Å². The van der Waals surface area contributed by atoms with Crippen LogP contribution in [-0.2, 0) is 11.2 Å². The second-order valence-electron chi connectivity index (χ2n) is 4.56. The van der Waals surface area contributed by atoms with Gasteiger partial charge < -0.3 is 10.5 Å². The zero-order valence-corrected chi connectivity index (χ0v) is 10.8. The Morgan fingerprint density at radius 3 is 2.94 bits per heavy atom. The Hall–Kier alpha value is -0.380. The van der Waals surface area contributed by atoms with E-state index >= 15 is 0 Å². The van der Waals surface area contributed by atoms with Gasteiger partial charge in [-0.15, -0.1) is 11.3 Å². The highest BCUT2D eigenvalue weighted by Crippen LogP contribution is 2.31. The Morgan fingerprint density at radius 2 is 2.25 bits per heavy atom. The third-order valence-corrected chi connectivity index (χ3v) is 4.52. The van der Waals surface area contributed by atoms with Crippen LogP contribution < -0.4 is 5.73 Å². The first-order valence-electron chi connectivity index (χ1n) is 6.20. The summed E-state index contributed by atoms with van der Waals surface area (Å²) in [7, 11) is 0. The van der Waals surface area contributed by atoms with E-state index in [1.807, 2.05) is 11.3 Å². The molecule has 1 aromatic heterocycles. The summed E-state index contributed by atoms with van der Waals surface area (Å²) in [4.78, 5) is 1.40. The first-order chi connectivity index (χ1) is 7.81. The molecule has 2 rings (SSSR count). The molecule has 16 heavy (non-hydrogen) atoms. The van der Waals surface area contributed by atoms with Gasteiger partial charge in [0.2, 0.25) is 0 Å². The average Bonchev–Trinajstić information content (AvgIpc) is 2.78. The summed E-state index contributed by atoms with van der Waals surface area (Å²) in [6.45, 7) is 4.04. The molecular formula is C13H21NOS. The van der Waals surface area contributed by atoms with Gasteiger partial charge in [-0.25, -0.2) is 0 Å². The summed E-state index contributed by atoms with van der Waals surface area (Å²) >= 11 is 1.81. The maximum Gasteiger partial charge on any atom is 0.0468 e. The van der Waals surface area contributed by atoms with Gasteiger partial charge in [0, 0.05) is 24.1 Å². The molecule has 90 valence electrons. The van der Waals surface area contributed by atoms with E-state index in [2.05, 4.69) is 18.4 Å².